The molecule has 2 atom stereocenters. The fourth-order valence-corrected chi connectivity index (χ4v) is 2.85. The molecule has 1 aliphatic rings. The molecular formula is C16H25N3O2. The standard InChI is InChI=1S/C16H25N3O2/c1-2-15(20)14-8-4-6-10-19(14)12-16(21)18-11-13-7-3-5-9-17-13/h3,5,7,9,14-15,20H,2,4,6,8,10-12H2,1H3,(H,18,21). The summed E-state index contributed by atoms with van der Waals surface area (Å²) in [5.41, 5.74) is 0.856. The van der Waals surface area contributed by atoms with Crippen LogP contribution in [0.15, 0.2) is 24.4 Å². The minimum atomic E-state index is -0.339. The largest absolute Gasteiger partial charge is 0.392 e. The highest BCUT2D eigenvalue weighted by Gasteiger charge is 2.28. The van der Waals surface area contributed by atoms with Crippen LogP contribution in [0.25, 0.3) is 0 Å². The molecule has 0 spiro atoms. The summed E-state index contributed by atoms with van der Waals surface area (Å²) in [6.45, 7) is 3.68. The van der Waals surface area contributed by atoms with Crippen LogP contribution in [0.2, 0.25) is 0 Å². The van der Waals surface area contributed by atoms with E-state index in [1.54, 1.807) is 6.20 Å². The molecule has 0 radical (unpaired) electrons. The number of piperidine rings is 1. The van der Waals surface area contributed by atoms with Gasteiger partial charge in [0.25, 0.3) is 0 Å². The number of hydrogen-bond acceptors (Lipinski definition) is 4. The van der Waals surface area contributed by atoms with Crippen LogP contribution in [-0.2, 0) is 11.3 Å². The molecule has 1 amide bonds. The Kier molecular flexibility index (Phi) is 6.14. The Hall–Kier alpha value is -1.46. The lowest BCUT2D eigenvalue weighted by Gasteiger charge is -2.37. The number of nitrogens with one attached hydrogen (secondary N) is 1. The van der Waals surface area contributed by atoms with E-state index in [0.717, 1.165) is 37.9 Å². The molecule has 0 saturated carbocycles. The summed E-state index contributed by atoms with van der Waals surface area (Å²) >= 11 is 0. The number of amides is 1. The van der Waals surface area contributed by atoms with Crippen molar-refractivity contribution in [2.75, 3.05) is 13.1 Å². The number of carbonyl (C=O) groups is 1. The van der Waals surface area contributed by atoms with E-state index in [-0.39, 0.29) is 18.1 Å². The van der Waals surface area contributed by atoms with Gasteiger partial charge in [-0.2, -0.15) is 0 Å². The lowest BCUT2D eigenvalue weighted by atomic mass is 9.96. The minimum Gasteiger partial charge on any atom is -0.392 e. The lowest BCUT2D eigenvalue weighted by Crippen LogP contribution is -2.50. The van der Waals surface area contributed by atoms with Crippen molar-refractivity contribution in [1.82, 2.24) is 15.2 Å². The van der Waals surface area contributed by atoms with Gasteiger partial charge in [-0.15, -0.1) is 0 Å². The summed E-state index contributed by atoms with van der Waals surface area (Å²) in [6, 6.07) is 5.78. The van der Waals surface area contributed by atoms with Crippen LogP contribution in [-0.4, -0.2) is 46.1 Å². The fraction of sp³-hybridized carbons (Fsp3) is 0.625. The van der Waals surface area contributed by atoms with Crippen molar-refractivity contribution in [1.29, 1.82) is 0 Å². The number of aromatic nitrogens is 1. The van der Waals surface area contributed by atoms with Crippen molar-refractivity contribution in [3.8, 4) is 0 Å². The molecule has 1 aromatic heterocycles. The first-order chi connectivity index (χ1) is 10.2. The van der Waals surface area contributed by atoms with Crippen LogP contribution in [0.3, 0.4) is 0 Å². The van der Waals surface area contributed by atoms with Gasteiger partial charge in [-0.1, -0.05) is 19.4 Å². The van der Waals surface area contributed by atoms with Gasteiger partial charge in [-0.25, -0.2) is 0 Å². The Balaban J connectivity index is 1.82. The maximum atomic E-state index is 12.1. The first kappa shape index (κ1) is 15.9. The predicted octanol–water partition coefficient (Wildman–Crippen LogP) is 1.32. The van der Waals surface area contributed by atoms with E-state index in [1.165, 1.54) is 0 Å². The second-order valence-electron chi connectivity index (χ2n) is 5.61. The molecule has 1 aromatic rings. The van der Waals surface area contributed by atoms with E-state index in [4.69, 9.17) is 0 Å². The number of nitrogens with zero attached hydrogens (tertiary/aromatic N) is 2. The first-order valence-electron chi connectivity index (χ1n) is 7.79. The van der Waals surface area contributed by atoms with E-state index in [0.29, 0.717) is 13.1 Å². The highest BCUT2D eigenvalue weighted by atomic mass is 16.3. The Labute approximate surface area is 126 Å². The Morgan fingerprint density at radius 1 is 1.52 bits per heavy atom. The third kappa shape index (κ3) is 4.79. The van der Waals surface area contributed by atoms with Crippen LogP contribution in [0.1, 0.15) is 38.3 Å². The third-order valence-corrected chi connectivity index (χ3v) is 4.07. The van der Waals surface area contributed by atoms with Crippen molar-refractivity contribution in [2.24, 2.45) is 0 Å². The molecule has 2 N–H and O–H groups in total. The van der Waals surface area contributed by atoms with E-state index in [1.807, 2.05) is 25.1 Å². The summed E-state index contributed by atoms with van der Waals surface area (Å²) < 4.78 is 0. The number of aliphatic hydroxyl groups excluding tert-OH is 1. The van der Waals surface area contributed by atoms with Crippen molar-refractivity contribution >= 4 is 5.91 Å². The number of aliphatic hydroxyl groups is 1. The molecule has 2 heterocycles. The Morgan fingerprint density at radius 3 is 3.10 bits per heavy atom. The molecule has 2 rings (SSSR count). The smallest absolute Gasteiger partial charge is 0.234 e. The lowest BCUT2D eigenvalue weighted by molar-refractivity contribution is -0.124. The van der Waals surface area contributed by atoms with E-state index in [9.17, 15) is 9.90 Å². The van der Waals surface area contributed by atoms with E-state index in [2.05, 4.69) is 15.2 Å². The molecule has 1 saturated heterocycles. The van der Waals surface area contributed by atoms with Crippen LogP contribution < -0.4 is 5.32 Å². The second kappa shape index (κ2) is 8.10. The molecule has 1 aliphatic heterocycles. The van der Waals surface area contributed by atoms with Crippen molar-refractivity contribution in [2.45, 2.75) is 51.3 Å². The number of carbonyl (C=O) groups excluding carboxylic acids is 1. The zero-order chi connectivity index (χ0) is 15.1. The molecule has 0 bridgehead atoms. The number of likely N-dealkylation sites (tertiary alicyclic amines) is 1. The zero-order valence-electron chi connectivity index (χ0n) is 12.7. The van der Waals surface area contributed by atoms with E-state index < -0.39 is 0 Å². The first-order valence-corrected chi connectivity index (χ1v) is 7.79. The van der Waals surface area contributed by atoms with Gasteiger partial charge in [0.1, 0.15) is 0 Å². The number of pyridine rings is 1. The SMILES string of the molecule is CCC(O)C1CCCCN1CC(=O)NCc1ccccn1. The molecule has 1 fully saturated rings. The molecule has 21 heavy (non-hydrogen) atoms. The van der Waals surface area contributed by atoms with Gasteiger partial charge in [-0.3, -0.25) is 14.7 Å². The van der Waals surface area contributed by atoms with Gasteiger partial charge < -0.3 is 10.4 Å². The molecule has 5 nitrogen and oxygen atoms in total. The van der Waals surface area contributed by atoms with Crippen molar-refractivity contribution in [3.63, 3.8) is 0 Å². The summed E-state index contributed by atoms with van der Waals surface area (Å²) in [7, 11) is 0. The monoisotopic (exact) mass is 291 g/mol. The molecule has 116 valence electrons. The van der Waals surface area contributed by atoms with Crippen LogP contribution in [0.5, 0.6) is 0 Å². The molecule has 0 aromatic carbocycles. The number of rotatable bonds is 6. The summed E-state index contributed by atoms with van der Waals surface area (Å²) in [6.07, 6.45) is 5.32. The quantitative estimate of drug-likeness (QED) is 0.830. The maximum absolute atomic E-state index is 12.1. The Bertz CT molecular complexity index is 438. The molecule has 0 aliphatic carbocycles. The topological polar surface area (TPSA) is 65.5 Å². The maximum Gasteiger partial charge on any atom is 0.234 e. The van der Waals surface area contributed by atoms with Crippen LogP contribution >= 0.6 is 0 Å². The van der Waals surface area contributed by atoms with Gasteiger partial charge in [0, 0.05) is 12.2 Å². The van der Waals surface area contributed by atoms with Gasteiger partial charge in [0.2, 0.25) is 5.91 Å². The highest BCUT2D eigenvalue weighted by Crippen LogP contribution is 2.20. The van der Waals surface area contributed by atoms with Crippen molar-refractivity contribution < 1.29 is 9.90 Å². The van der Waals surface area contributed by atoms with Gasteiger partial charge in [-0.05, 0) is 37.9 Å². The highest BCUT2D eigenvalue weighted by molar-refractivity contribution is 5.78. The van der Waals surface area contributed by atoms with E-state index >= 15 is 0 Å². The van der Waals surface area contributed by atoms with Gasteiger partial charge >= 0.3 is 0 Å². The second-order valence-corrected chi connectivity index (χ2v) is 5.61. The summed E-state index contributed by atoms with van der Waals surface area (Å²) in [4.78, 5) is 18.4. The van der Waals surface area contributed by atoms with Gasteiger partial charge in [0.05, 0.1) is 24.9 Å². The van der Waals surface area contributed by atoms with Gasteiger partial charge in [0.15, 0.2) is 0 Å². The molecule has 5 heteroatoms. The van der Waals surface area contributed by atoms with Crippen molar-refractivity contribution in [3.05, 3.63) is 30.1 Å². The molecular weight excluding hydrogens is 266 g/mol. The Morgan fingerprint density at radius 2 is 2.38 bits per heavy atom. The summed E-state index contributed by atoms with van der Waals surface area (Å²) in [5.74, 6) is -0.00384. The molecule has 2 unspecified atom stereocenters. The van der Waals surface area contributed by atoms with Crippen LogP contribution in [0.4, 0.5) is 0 Å². The average Bonchev–Trinajstić information content (AvgIpc) is 2.54. The fourth-order valence-electron chi connectivity index (χ4n) is 2.85. The predicted molar refractivity (Wildman–Crippen MR) is 81.6 cm³/mol. The third-order valence-electron chi connectivity index (χ3n) is 4.07. The summed E-state index contributed by atoms with van der Waals surface area (Å²) in [5, 5.41) is 13.0. The number of hydrogen-bond donors (Lipinski definition) is 2. The minimum absolute atomic E-state index is 0.00384. The zero-order valence-corrected chi connectivity index (χ0v) is 12.7. The van der Waals surface area contributed by atoms with Crippen LogP contribution in [0, 0.1) is 0 Å². The normalized spacial score (nSPS) is 21.0. The average molecular weight is 291 g/mol.